The second-order valence-electron chi connectivity index (χ2n) is 10.5. The largest absolute Gasteiger partial charge is 0.479 e. The highest BCUT2D eigenvalue weighted by atomic mass is 35.5. The van der Waals surface area contributed by atoms with E-state index in [-0.39, 0.29) is 17.6 Å². The summed E-state index contributed by atoms with van der Waals surface area (Å²) < 4.78 is 42.9. The van der Waals surface area contributed by atoms with Crippen molar-refractivity contribution in [2.45, 2.75) is 70.6 Å². The van der Waals surface area contributed by atoms with E-state index in [1.807, 2.05) is 12.1 Å². The number of rotatable bonds is 8. The summed E-state index contributed by atoms with van der Waals surface area (Å²) in [5, 5.41) is 10.9. The number of aliphatic carboxylic acids is 1. The number of benzene rings is 1. The number of carbonyl (C=O) groups is 1. The molecule has 40 heavy (non-hydrogen) atoms. The maximum Gasteiger partial charge on any atom is 0.330 e. The number of anilines is 1. The first-order chi connectivity index (χ1) is 18.9. The number of thiophene rings is 1. The Kier molecular flexibility index (Phi) is 8.01. The molecule has 0 unspecified atom stereocenters. The predicted molar refractivity (Wildman–Crippen MR) is 158 cm³/mol. The monoisotopic (exact) mass is 623 g/mol. The second kappa shape index (κ2) is 11.1. The minimum Gasteiger partial charge on any atom is -0.479 e. The molecule has 0 spiro atoms. The van der Waals surface area contributed by atoms with Gasteiger partial charge in [-0.05, 0) is 45.2 Å². The van der Waals surface area contributed by atoms with Gasteiger partial charge in [-0.2, -0.15) is 8.42 Å². The zero-order valence-corrected chi connectivity index (χ0v) is 25.5. The number of hydrogen-bond donors (Lipinski definition) is 1. The smallest absolute Gasteiger partial charge is 0.330 e. The molecule has 1 atom stereocenters. The molecule has 2 aliphatic rings. The Balaban J connectivity index is 1.68. The van der Waals surface area contributed by atoms with Crippen LogP contribution < -0.4 is 4.31 Å². The predicted octanol–water partition coefficient (Wildman–Crippen LogP) is 6.36. The normalized spacial score (nSPS) is 18.6. The van der Waals surface area contributed by atoms with Crippen molar-refractivity contribution in [2.24, 2.45) is 0 Å². The number of thiocarbonyl (C=S) groups is 1. The number of aromatic nitrogens is 1. The molecule has 214 valence electrons. The summed E-state index contributed by atoms with van der Waals surface area (Å²) in [6.45, 7) is 4.31. The summed E-state index contributed by atoms with van der Waals surface area (Å²) in [7, 11) is -4.48. The van der Waals surface area contributed by atoms with Crippen molar-refractivity contribution >= 4 is 61.3 Å². The summed E-state index contributed by atoms with van der Waals surface area (Å²) in [5.41, 5.74) is -0.105. The average Bonchev–Trinajstić information content (AvgIpc) is 3.54. The minimum absolute atomic E-state index is 0.0532. The van der Waals surface area contributed by atoms with E-state index in [0.29, 0.717) is 37.5 Å². The molecule has 3 heterocycles. The van der Waals surface area contributed by atoms with Crippen LogP contribution in [0.15, 0.2) is 41.1 Å². The van der Waals surface area contributed by atoms with Crippen LogP contribution in [0.4, 0.5) is 5.00 Å². The van der Waals surface area contributed by atoms with Crippen molar-refractivity contribution in [2.75, 3.05) is 10.8 Å². The Labute approximate surface area is 247 Å². The van der Waals surface area contributed by atoms with Crippen molar-refractivity contribution < 1.29 is 27.5 Å². The molecular formula is C27H30ClN3O6S3. The van der Waals surface area contributed by atoms with Crippen LogP contribution in [0.5, 0.6) is 0 Å². The fourth-order valence-corrected chi connectivity index (χ4v) is 9.64. The van der Waals surface area contributed by atoms with Gasteiger partial charge in [0.1, 0.15) is 27.9 Å². The lowest BCUT2D eigenvalue weighted by molar-refractivity contribution is -0.144. The average molecular weight is 624 g/mol. The van der Waals surface area contributed by atoms with Gasteiger partial charge in [0.25, 0.3) is 0 Å². The van der Waals surface area contributed by atoms with E-state index < -0.39 is 27.8 Å². The SMILES string of the molecule is Cc1c(-c2ncco2)sc2c1C(=S)N(C(C)(C)C(=O)O)S(=O)(=O)N2C[C@H](OC1CCCCC1)c1ccccc1Cl. The zero-order chi connectivity index (χ0) is 28.8. The standard InChI is InChI=1S/C27H30ClN3O6S3/c1-16-21-24(38)31(27(2,3)26(32)33)40(34,35)30(25(21)39-22(16)23-29-13-14-36-23)15-20(18-11-7-8-12-19(18)28)37-17-9-5-4-6-10-17/h7-8,11-14,17,20H,4-6,9-10,15H2,1-3H3,(H,32,33)/t20-/m0/s1. The summed E-state index contributed by atoms with van der Waals surface area (Å²) in [6, 6.07) is 7.21. The number of carboxylic acids is 1. The lowest BCUT2D eigenvalue weighted by Gasteiger charge is -2.44. The Morgan fingerprint density at radius 3 is 2.62 bits per heavy atom. The fourth-order valence-electron chi connectivity index (χ4n) is 5.22. The molecule has 0 amide bonds. The van der Waals surface area contributed by atoms with Gasteiger partial charge in [0.05, 0.1) is 23.7 Å². The van der Waals surface area contributed by atoms with Crippen LogP contribution in [0.25, 0.3) is 10.8 Å². The molecule has 13 heteroatoms. The van der Waals surface area contributed by atoms with E-state index in [0.717, 1.165) is 36.4 Å². The lowest BCUT2D eigenvalue weighted by atomic mass is 9.97. The van der Waals surface area contributed by atoms with Crippen LogP contribution in [0, 0.1) is 6.92 Å². The van der Waals surface area contributed by atoms with E-state index in [4.69, 9.17) is 33.0 Å². The molecule has 5 rings (SSSR count). The minimum atomic E-state index is -4.48. The first kappa shape index (κ1) is 29.0. The molecule has 9 nitrogen and oxygen atoms in total. The van der Waals surface area contributed by atoms with Gasteiger partial charge in [0.15, 0.2) is 0 Å². The summed E-state index contributed by atoms with van der Waals surface area (Å²) >= 11 is 13.5. The van der Waals surface area contributed by atoms with Crippen molar-refractivity contribution in [3.63, 3.8) is 0 Å². The fraction of sp³-hybridized carbons (Fsp3) is 0.444. The van der Waals surface area contributed by atoms with Gasteiger partial charge >= 0.3 is 16.2 Å². The van der Waals surface area contributed by atoms with Gasteiger partial charge < -0.3 is 14.3 Å². The van der Waals surface area contributed by atoms with Gasteiger partial charge in [0.2, 0.25) is 5.89 Å². The molecule has 1 aromatic carbocycles. The first-order valence-electron chi connectivity index (χ1n) is 13.0. The summed E-state index contributed by atoms with van der Waals surface area (Å²) in [5.74, 6) is -1.01. The number of ether oxygens (including phenoxy) is 1. The molecule has 0 radical (unpaired) electrons. The number of fused-ring (bicyclic) bond motifs is 1. The van der Waals surface area contributed by atoms with Gasteiger partial charge in [0, 0.05) is 16.1 Å². The molecule has 3 aromatic rings. The second-order valence-corrected chi connectivity index (χ2v) is 13.9. The third kappa shape index (κ3) is 5.04. The van der Waals surface area contributed by atoms with Crippen molar-refractivity contribution in [1.82, 2.24) is 9.29 Å². The van der Waals surface area contributed by atoms with Gasteiger partial charge in [-0.1, -0.05) is 61.3 Å². The molecule has 1 fully saturated rings. The molecule has 1 aliphatic heterocycles. The molecule has 1 N–H and O–H groups in total. The Morgan fingerprint density at radius 2 is 2.00 bits per heavy atom. The van der Waals surface area contributed by atoms with Crippen LogP contribution in [0.1, 0.15) is 68.7 Å². The highest BCUT2D eigenvalue weighted by molar-refractivity contribution is 7.93. The number of halogens is 1. The Bertz CT molecular complexity index is 1530. The third-order valence-corrected chi connectivity index (χ3v) is 11.7. The summed E-state index contributed by atoms with van der Waals surface area (Å²) in [6.07, 6.45) is 7.11. The Morgan fingerprint density at radius 1 is 1.30 bits per heavy atom. The van der Waals surface area contributed by atoms with E-state index >= 15 is 0 Å². The van der Waals surface area contributed by atoms with E-state index in [2.05, 4.69) is 4.98 Å². The Hall–Kier alpha value is -2.51. The van der Waals surface area contributed by atoms with Crippen molar-refractivity contribution in [3.05, 3.63) is 58.4 Å². The maximum atomic E-state index is 14.4. The van der Waals surface area contributed by atoms with Crippen LogP contribution in [-0.4, -0.2) is 52.0 Å². The van der Waals surface area contributed by atoms with Crippen LogP contribution in [-0.2, 0) is 19.7 Å². The molecular weight excluding hydrogens is 594 g/mol. The number of hydrogen-bond acceptors (Lipinski definition) is 8. The number of carboxylic acid groups (broad SMARTS) is 1. The van der Waals surface area contributed by atoms with Crippen LogP contribution in [0.2, 0.25) is 5.02 Å². The molecule has 0 bridgehead atoms. The van der Waals surface area contributed by atoms with Crippen molar-refractivity contribution in [3.8, 4) is 10.8 Å². The van der Waals surface area contributed by atoms with E-state index in [9.17, 15) is 18.3 Å². The number of oxazole rings is 1. The first-order valence-corrected chi connectivity index (χ1v) is 16.0. The number of nitrogens with zero attached hydrogens (tertiary/aromatic N) is 3. The quantitative estimate of drug-likeness (QED) is 0.288. The van der Waals surface area contributed by atoms with Gasteiger partial charge in [-0.15, -0.1) is 11.3 Å². The third-order valence-electron chi connectivity index (χ3n) is 7.41. The summed E-state index contributed by atoms with van der Waals surface area (Å²) in [4.78, 5) is 17.1. The van der Waals surface area contributed by atoms with Gasteiger partial charge in [-0.3, -0.25) is 0 Å². The lowest BCUT2D eigenvalue weighted by Crippen LogP contribution is -2.62. The van der Waals surface area contributed by atoms with E-state index in [1.54, 1.807) is 19.1 Å². The van der Waals surface area contributed by atoms with E-state index in [1.165, 1.54) is 41.9 Å². The van der Waals surface area contributed by atoms with Gasteiger partial charge in [-0.25, -0.2) is 18.4 Å². The molecule has 2 aromatic heterocycles. The highest BCUT2D eigenvalue weighted by Crippen LogP contribution is 2.48. The highest BCUT2D eigenvalue weighted by Gasteiger charge is 2.52. The zero-order valence-electron chi connectivity index (χ0n) is 22.3. The maximum absolute atomic E-state index is 14.4. The molecule has 1 aliphatic carbocycles. The molecule has 1 saturated carbocycles. The topological polar surface area (TPSA) is 113 Å². The van der Waals surface area contributed by atoms with Crippen molar-refractivity contribution in [1.29, 1.82) is 0 Å². The van der Waals surface area contributed by atoms with Crippen LogP contribution >= 0.6 is 35.2 Å². The molecule has 0 saturated heterocycles. The van der Waals surface area contributed by atoms with Crippen LogP contribution in [0.3, 0.4) is 0 Å².